The minimum atomic E-state index is 0. The van der Waals surface area contributed by atoms with Gasteiger partial charge in [0.25, 0.3) is 0 Å². The second kappa shape index (κ2) is 9.21. The van der Waals surface area contributed by atoms with Crippen LogP contribution in [0.15, 0.2) is 29.3 Å². The summed E-state index contributed by atoms with van der Waals surface area (Å²) in [5, 5.41) is 6.98. The molecule has 2 aliphatic rings. The van der Waals surface area contributed by atoms with Crippen molar-refractivity contribution in [3.8, 4) is 0 Å². The molecule has 4 nitrogen and oxygen atoms in total. The second-order valence-electron chi connectivity index (χ2n) is 7.37. The van der Waals surface area contributed by atoms with Gasteiger partial charge < -0.3 is 15.4 Å². The topological polar surface area (TPSA) is 45.7 Å². The lowest BCUT2D eigenvalue weighted by atomic mass is 9.72. The van der Waals surface area contributed by atoms with Crippen LogP contribution < -0.4 is 10.6 Å². The SMILES string of the molecule is CCNC(=NCC1(c2ccccc2C)CCOCC1)NC1CC1C.I. The summed E-state index contributed by atoms with van der Waals surface area (Å²) in [6.07, 6.45) is 3.34. The molecule has 1 saturated heterocycles. The number of aliphatic imine (C=N–C) groups is 1. The lowest BCUT2D eigenvalue weighted by Gasteiger charge is -2.37. The number of benzene rings is 1. The average Bonchev–Trinajstić information content (AvgIpc) is 3.29. The molecule has 1 aromatic rings. The predicted molar refractivity (Wildman–Crippen MR) is 115 cm³/mol. The predicted octanol–water partition coefficient (Wildman–Crippen LogP) is 3.62. The lowest BCUT2D eigenvalue weighted by molar-refractivity contribution is 0.0529. The number of rotatable bonds is 5. The van der Waals surface area contributed by atoms with Gasteiger partial charge in [0.2, 0.25) is 0 Å². The quantitative estimate of drug-likeness (QED) is 0.404. The van der Waals surface area contributed by atoms with Gasteiger partial charge in [-0.05, 0) is 50.2 Å². The maximum absolute atomic E-state index is 5.65. The van der Waals surface area contributed by atoms with Crippen LogP contribution in [-0.2, 0) is 10.2 Å². The van der Waals surface area contributed by atoms with Gasteiger partial charge in [-0.3, -0.25) is 4.99 Å². The summed E-state index contributed by atoms with van der Waals surface area (Å²) >= 11 is 0. The Bertz CT molecular complexity index is 584. The van der Waals surface area contributed by atoms with E-state index < -0.39 is 0 Å². The van der Waals surface area contributed by atoms with Crippen molar-refractivity contribution in [3.05, 3.63) is 35.4 Å². The Balaban J connectivity index is 0.00000225. The normalized spacial score (nSPS) is 25.0. The van der Waals surface area contributed by atoms with E-state index in [9.17, 15) is 0 Å². The van der Waals surface area contributed by atoms with Crippen molar-refractivity contribution in [1.29, 1.82) is 0 Å². The van der Waals surface area contributed by atoms with Crippen molar-refractivity contribution < 1.29 is 4.74 Å². The molecule has 1 aliphatic carbocycles. The molecule has 0 aromatic heterocycles. The molecule has 1 aliphatic heterocycles. The third-order valence-corrected chi connectivity index (χ3v) is 5.48. The standard InChI is InChI=1S/C20H31N3O.HI/c1-4-21-19(23-18-13-16(18)3)22-14-20(9-11-24-12-10-20)17-8-6-5-7-15(17)2;/h5-8,16,18H,4,9-14H2,1-3H3,(H2,21,22,23);1H. The van der Waals surface area contributed by atoms with Gasteiger partial charge in [-0.15, -0.1) is 24.0 Å². The van der Waals surface area contributed by atoms with Gasteiger partial charge in [0, 0.05) is 31.2 Å². The van der Waals surface area contributed by atoms with Crippen LogP contribution in [0.2, 0.25) is 0 Å². The highest BCUT2D eigenvalue weighted by atomic mass is 127. The van der Waals surface area contributed by atoms with E-state index in [0.29, 0.717) is 6.04 Å². The van der Waals surface area contributed by atoms with Gasteiger partial charge in [-0.2, -0.15) is 0 Å². The lowest BCUT2D eigenvalue weighted by Crippen LogP contribution is -2.42. The summed E-state index contributed by atoms with van der Waals surface area (Å²) in [7, 11) is 0. The fourth-order valence-electron chi connectivity index (χ4n) is 3.69. The van der Waals surface area contributed by atoms with Crippen molar-refractivity contribution >= 4 is 29.9 Å². The smallest absolute Gasteiger partial charge is 0.191 e. The first-order valence-corrected chi connectivity index (χ1v) is 9.33. The summed E-state index contributed by atoms with van der Waals surface area (Å²) < 4.78 is 5.65. The van der Waals surface area contributed by atoms with Gasteiger partial charge in [0.15, 0.2) is 5.96 Å². The van der Waals surface area contributed by atoms with Crippen LogP contribution in [0.3, 0.4) is 0 Å². The minimum absolute atomic E-state index is 0. The van der Waals surface area contributed by atoms with Crippen LogP contribution in [0.4, 0.5) is 0 Å². The molecule has 0 bridgehead atoms. The largest absolute Gasteiger partial charge is 0.381 e. The molecule has 5 heteroatoms. The monoisotopic (exact) mass is 457 g/mol. The van der Waals surface area contributed by atoms with E-state index in [4.69, 9.17) is 9.73 Å². The first-order chi connectivity index (χ1) is 11.6. The zero-order valence-corrected chi connectivity index (χ0v) is 18.0. The number of guanidine groups is 1. The van der Waals surface area contributed by atoms with Crippen LogP contribution in [0.25, 0.3) is 0 Å². The summed E-state index contributed by atoms with van der Waals surface area (Å²) in [6, 6.07) is 9.35. The molecular weight excluding hydrogens is 425 g/mol. The molecule has 1 heterocycles. The Labute approximate surface area is 169 Å². The minimum Gasteiger partial charge on any atom is -0.381 e. The van der Waals surface area contributed by atoms with E-state index in [2.05, 4.69) is 55.7 Å². The van der Waals surface area contributed by atoms with Crippen molar-refractivity contribution in [1.82, 2.24) is 10.6 Å². The molecular formula is C20H32IN3O. The van der Waals surface area contributed by atoms with Gasteiger partial charge in [0.05, 0.1) is 6.54 Å². The molecule has 0 spiro atoms. The number of ether oxygens (including phenoxy) is 1. The Morgan fingerprint density at radius 2 is 1.96 bits per heavy atom. The summed E-state index contributed by atoms with van der Waals surface area (Å²) in [4.78, 5) is 4.98. The third-order valence-electron chi connectivity index (χ3n) is 5.48. The molecule has 2 N–H and O–H groups in total. The summed E-state index contributed by atoms with van der Waals surface area (Å²) in [6.45, 7) is 9.99. The van der Waals surface area contributed by atoms with Crippen molar-refractivity contribution in [2.75, 3.05) is 26.3 Å². The fraction of sp³-hybridized carbons (Fsp3) is 0.650. The first kappa shape index (κ1) is 20.5. The van der Waals surface area contributed by atoms with E-state index in [1.807, 2.05) is 0 Å². The molecule has 1 aromatic carbocycles. The van der Waals surface area contributed by atoms with E-state index in [0.717, 1.165) is 51.0 Å². The van der Waals surface area contributed by atoms with Crippen LogP contribution >= 0.6 is 24.0 Å². The summed E-state index contributed by atoms with van der Waals surface area (Å²) in [5.41, 5.74) is 2.90. The third kappa shape index (κ3) is 5.09. The Kier molecular flexibility index (Phi) is 7.55. The molecule has 1 saturated carbocycles. The van der Waals surface area contributed by atoms with Crippen LogP contribution in [0.1, 0.15) is 44.2 Å². The Hall–Kier alpha value is -0.820. The molecule has 25 heavy (non-hydrogen) atoms. The Morgan fingerprint density at radius 1 is 1.28 bits per heavy atom. The first-order valence-electron chi connectivity index (χ1n) is 9.33. The zero-order valence-electron chi connectivity index (χ0n) is 15.7. The highest BCUT2D eigenvalue weighted by Crippen LogP contribution is 2.37. The van der Waals surface area contributed by atoms with E-state index in [1.54, 1.807) is 0 Å². The van der Waals surface area contributed by atoms with Gasteiger partial charge >= 0.3 is 0 Å². The molecule has 2 atom stereocenters. The zero-order chi connectivity index (χ0) is 17.0. The highest BCUT2D eigenvalue weighted by Gasteiger charge is 2.36. The Morgan fingerprint density at radius 3 is 2.56 bits per heavy atom. The molecule has 140 valence electrons. The van der Waals surface area contributed by atoms with Crippen LogP contribution in [0, 0.1) is 12.8 Å². The molecule has 3 rings (SSSR count). The molecule has 0 amide bonds. The van der Waals surface area contributed by atoms with E-state index >= 15 is 0 Å². The molecule has 0 radical (unpaired) electrons. The number of nitrogens with one attached hydrogen (secondary N) is 2. The van der Waals surface area contributed by atoms with Gasteiger partial charge in [-0.1, -0.05) is 31.2 Å². The number of nitrogens with zero attached hydrogens (tertiary/aromatic N) is 1. The number of halogens is 1. The van der Waals surface area contributed by atoms with Crippen LogP contribution in [-0.4, -0.2) is 38.3 Å². The van der Waals surface area contributed by atoms with E-state index in [1.165, 1.54) is 17.5 Å². The summed E-state index contributed by atoms with van der Waals surface area (Å²) in [5.74, 6) is 1.73. The molecule has 2 unspecified atom stereocenters. The maximum Gasteiger partial charge on any atom is 0.191 e. The number of hydrogen-bond donors (Lipinski definition) is 2. The highest BCUT2D eigenvalue weighted by molar-refractivity contribution is 14.0. The fourth-order valence-corrected chi connectivity index (χ4v) is 3.69. The van der Waals surface area contributed by atoms with Crippen molar-refractivity contribution in [2.45, 2.75) is 51.5 Å². The van der Waals surface area contributed by atoms with E-state index in [-0.39, 0.29) is 29.4 Å². The van der Waals surface area contributed by atoms with Gasteiger partial charge in [-0.25, -0.2) is 0 Å². The second-order valence-corrected chi connectivity index (χ2v) is 7.37. The number of aryl methyl sites for hydroxylation is 1. The van der Waals surface area contributed by atoms with Crippen LogP contribution in [0.5, 0.6) is 0 Å². The molecule has 2 fully saturated rings. The maximum atomic E-state index is 5.65. The average molecular weight is 457 g/mol. The van der Waals surface area contributed by atoms with Crippen molar-refractivity contribution in [3.63, 3.8) is 0 Å². The number of hydrogen-bond acceptors (Lipinski definition) is 2. The van der Waals surface area contributed by atoms with Gasteiger partial charge in [0.1, 0.15) is 0 Å². The van der Waals surface area contributed by atoms with Crippen molar-refractivity contribution in [2.24, 2.45) is 10.9 Å².